The van der Waals surface area contributed by atoms with E-state index in [0.29, 0.717) is 37.7 Å². The number of ether oxygens (including phenoxy) is 3. The second-order valence-electron chi connectivity index (χ2n) is 7.42. The van der Waals surface area contributed by atoms with E-state index in [4.69, 9.17) is 14.2 Å². The molecule has 0 aromatic heterocycles. The number of hydrogen-bond acceptors (Lipinski definition) is 5. The Hall–Kier alpha value is -2.57. The molecular weight excluding hydrogens is 380 g/mol. The van der Waals surface area contributed by atoms with Gasteiger partial charge in [0.2, 0.25) is 5.91 Å². The molecule has 30 heavy (non-hydrogen) atoms. The molecular formula is C24H32N2O4. The highest BCUT2D eigenvalue weighted by molar-refractivity contribution is 5.75. The van der Waals surface area contributed by atoms with E-state index >= 15 is 0 Å². The molecule has 0 bridgehead atoms. The Labute approximate surface area is 179 Å². The van der Waals surface area contributed by atoms with Crippen molar-refractivity contribution in [1.29, 1.82) is 0 Å². The third kappa shape index (κ3) is 6.21. The summed E-state index contributed by atoms with van der Waals surface area (Å²) in [5.74, 6) is 1.49. The summed E-state index contributed by atoms with van der Waals surface area (Å²) in [6.45, 7) is 3.63. The molecule has 2 aromatic carbocycles. The predicted octanol–water partition coefficient (Wildman–Crippen LogP) is 3.22. The monoisotopic (exact) mass is 412 g/mol. The van der Waals surface area contributed by atoms with Gasteiger partial charge in [0.05, 0.1) is 33.5 Å². The Morgan fingerprint density at radius 2 is 1.80 bits per heavy atom. The van der Waals surface area contributed by atoms with E-state index < -0.39 is 0 Å². The Kier molecular flexibility index (Phi) is 8.53. The third-order valence-electron chi connectivity index (χ3n) is 5.48. The molecule has 1 aliphatic heterocycles. The first kappa shape index (κ1) is 22.1. The molecule has 2 aromatic rings. The summed E-state index contributed by atoms with van der Waals surface area (Å²) < 4.78 is 16.4. The Morgan fingerprint density at radius 3 is 2.50 bits per heavy atom. The normalized spacial score (nSPS) is 15.4. The molecule has 3 rings (SSSR count). The largest absolute Gasteiger partial charge is 0.493 e. The van der Waals surface area contributed by atoms with Gasteiger partial charge >= 0.3 is 0 Å². The van der Waals surface area contributed by atoms with Gasteiger partial charge in [-0.25, -0.2) is 0 Å². The van der Waals surface area contributed by atoms with Crippen molar-refractivity contribution < 1.29 is 19.0 Å². The van der Waals surface area contributed by atoms with Crippen LogP contribution < -0.4 is 14.8 Å². The van der Waals surface area contributed by atoms with E-state index in [9.17, 15) is 4.79 Å². The molecule has 1 saturated heterocycles. The molecule has 6 heteroatoms. The molecule has 6 nitrogen and oxygen atoms in total. The van der Waals surface area contributed by atoms with Crippen LogP contribution in [0.2, 0.25) is 0 Å². The van der Waals surface area contributed by atoms with Crippen molar-refractivity contribution in [3.05, 3.63) is 59.7 Å². The van der Waals surface area contributed by atoms with Gasteiger partial charge in [-0.1, -0.05) is 36.4 Å². The first-order valence-electron chi connectivity index (χ1n) is 10.6. The maximum atomic E-state index is 12.5. The standard InChI is InChI=1S/C24H32N2O4/c1-28-22-12-11-20(17-23(22)29-2)21(26-13-15-30-16-14-26)18-25-24(27)10-6-9-19-7-4-3-5-8-19/h3-5,7-8,11-12,17,21H,6,9-10,13-16,18H2,1-2H3,(H,25,27). The lowest BCUT2D eigenvalue weighted by Crippen LogP contribution is -2.43. The number of hydrogen-bond donors (Lipinski definition) is 1. The van der Waals surface area contributed by atoms with Gasteiger partial charge in [-0.05, 0) is 36.1 Å². The van der Waals surface area contributed by atoms with Crippen molar-refractivity contribution >= 4 is 5.91 Å². The van der Waals surface area contributed by atoms with Crippen LogP contribution in [-0.4, -0.2) is 57.9 Å². The molecule has 1 amide bonds. The summed E-state index contributed by atoms with van der Waals surface area (Å²) >= 11 is 0. The van der Waals surface area contributed by atoms with Crippen LogP contribution in [-0.2, 0) is 16.0 Å². The average Bonchev–Trinajstić information content (AvgIpc) is 2.80. The lowest BCUT2D eigenvalue weighted by molar-refractivity contribution is -0.121. The summed E-state index contributed by atoms with van der Waals surface area (Å²) in [6, 6.07) is 16.3. The number of carbonyl (C=O) groups is 1. The first-order valence-corrected chi connectivity index (χ1v) is 10.6. The molecule has 0 saturated carbocycles. The number of carbonyl (C=O) groups excluding carboxylic acids is 1. The highest BCUT2D eigenvalue weighted by Crippen LogP contribution is 2.32. The van der Waals surface area contributed by atoms with Gasteiger partial charge in [-0.2, -0.15) is 0 Å². The number of nitrogens with one attached hydrogen (secondary N) is 1. The summed E-state index contributed by atoms with van der Waals surface area (Å²) in [6.07, 6.45) is 2.28. The zero-order chi connectivity index (χ0) is 21.2. The van der Waals surface area contributed by atoms with Crippen LogP contribution in [0, 0.1) is 0 Å². The summed E-state index contributed by atoms with van der Waals surface area (Å²) in [5.41, 5.74) is 2.36. The lowest BCUT2D eigenvalue weighted by atomic mass is 10.0. The second-order valence-corrected chi connectivity index (χ2v) is 7.42. The van der Waals surface area contributed by atoms with Crippen LogP contribution in [0.25, 0.3) is 0 Å². The lowest BCUT2D eigenvalue weighted by Gasteiger charge is -2.35. The number of aryl methyl sites for hydroxylation is 1. The molecule has 1 unspecified atom stereocenters. The van der Waals surface area contributed by atoms with Crippen LogP contribution >= 0.6 is 0 Å². The van der Waals surface area contributed by atoms with Crippen molar-refractivity contribution in [2.45, 2.75) is 25.3 Å². The number of amides is 1. The quantitative estimate of drug-likeness (QED) is 0.649. The number of methoxy groups -OCH3 is 2. The third-order valence-corrected chi connectivity index (χ3v) is 5.48. The fraction of sp³-hybridized carbons (Fsp3) is 0.458. The molecule has 1 atom stereocenters. The summed E-state index contributed by atoms with van der Waals surface area (Å²) in [7, 11) is 3.27. The Bertz CT molecular complexity index is 791. The smallest absolute Gasteiger partial charge is 0.220 e. The minimum absolute atomic E-state index is 0.0618. The van der Waals surface area contributed by atoms with Crippen molar-refractivity contribution in [1.82, 2.24) is 10.2 Å². The van der Waals surface area contributed by atoms with Gasteiger partial charge in [-0.3, -0.25) is 9.69 Å². The molecule has 0 radical (unpaired) electrons. The molecule has 1 aliphatic rings. The van der Waals surface area contributed by atoms with Crippen LogP contribution in [0.1, 0.15) is 30.0 Å². The Morgan fingerprint density at radius 1 is 1.07 bits per heavy atom. The van der Waals surface area contributed by atoms with Crippen molar-refractivity contribution in [2.75, 3.05) is 47.1 Å². The zero-order valence-corrected chi connectivity index (χ0v) is 17.9. The fourth-order valence-corrected chi connectivity index (χ4v) is 3.80. The zero-order valence-electron chi connectivity index (χ0n) is 17.9. The number of nitrogens with zero attached hydrogens (tertiary/aromatic N) is 1. The summed E-state index contributed by atoms with van der Waals surface area (Å²) in [4.78, 5) is 14.8. The Balaban J connectivity index is 1.60. The average molecular weight is 413 g/mol. The van der Waals surface area contributed by atoms with E-state index in [1.807, 2.05) is 36.4 Å². The second kappa shape index (κ2) is 11.6. The van der Waals surface area contributed by atoms with E-state index in [1.165, 1.54) is 5.56 Å². The van der Waals surface area contributed by atoms with Gasteiger partial charge in [0.15, 0.2) is 11.5 Å². The predicted molar refractivity (Wildman–Crippen MR) is 117 cm³/mol. The molecule has 1 N–H and O–H groups in total. The molecule has 0 aliphatic carbocycles. The minimum Gasteiger partial charge on any atom is -0.493 e. The maximum Gasteiger partial charge on any atom is 0.220 e. The topological polar surface area (TPSA) is 60.0 Å². The van der Waals surface area contributed by atoms with Crippen molar-refractivity contribution in [2.24, 2.45) is 0 Å². The van der Waals surface area contributed by atoms with Crippen LogP contribution in [0.4, 0.5) is 0 Å². The van der Waals surface area contributed by atoms with Crippen LogP contribution in [0.3, 0.4) is 0 Å². The highest BCUT2D eigenvalue weighted by atomic mass is 16.5. The molecule has 0 spiro atoms. The van der Waals surface area contributed by atoms with Gasteiger partial charge in [0, 0.05) is 26.1 Å². The van der Waals surface area contributed by atoms with Crippen molar-refractivity contribution in [3.63, 3.8) is 0 Å². The number of rotatable bonds is 10. The van der Waals surface area contributed by atoms with Crippen LogP contribution in [0.15, 0.2) is 48.5 Å². The first-order chi connectivity index (χ1) is 14.7. The van der Waals surface area contributed by atoms with Crippen LogP contribution in [0.5, 0.6) is 11.5 Å². The molecule has 1 fully saturated rings. The van der Waals surface area contributed by atoms with E-state index in [1.54, 1.807) is 14.2 Å². The van der Waals surface area contributed by atoms with Gasteiger partial charge < -0.3 is 19.5 Å². The van der Waals surface area contributed by atoms with Crippen molar-refractivity contribution in [3.8, 4) is 11.5 Å². The SMILES string of the molecule is COc1ccc(C(CNC(=O)CCCc2ccccc2)N2CCOCC2)cc1OC. The van der Waals surface area contributed by atoms with Gasteiger partial charge in [0.1, 0.15) is 0 Å². The number of morpholine rings is 1. The minimum atomic E-state index is 0.0618. The fourth-order valence-electron chi connectivity index (χ4n) is 3.80. The number of benzene rings is 2. The highest BCUT2D eigenvalue weighted by Gasteiger charge is 2.24. The molecule has 1 heterocycles. The summed E-state index contributed by atoms with van der Waals surface area (Å²) in [5, 5.41) is 3.14. The molecule has 162 valence electrons. The van der Waals surface area contributed by atoms with E-state index in [0.717, 1.165) is 31.5 Å². The van der Waals surface area contributed by atoms with E-state index in [-0.39, 0.29) is 11.9 Å². The van der Waals surface area contributed by atoms with Gasteiger partial charge in [0.25, 0.3) is 0 Å². The van der Waals surface area contributed by atoms with Gasteiger partial charge in [-0.15, -0.1) is 0 Å². The van der Waals surface area contributed by atoms with E-state index in [2.05, 4.69) is 22.3 Å². The maximum absolute atomic E-state index is 12.5.